The summed E-state index contributed by atoms with van der Waals surface area (Å²) in [6.07, 6.45) is 1.52. The Balaban J connectivity index is 1.93. The number of hydrogen-bond acceptors (Lipinski definition) is 3. The first kappa shape index (κ1) is 15.9. The third-order valence-corrected chi connectivity index (χ3v) is 3.93. The molecule has 1 N–H and O–H groups in total. The maximum Gasteiger partial charge on any atom is 0.288 e. The summed E-state index contributed by atoms with van der Waals surface area (Å²) in [5, 5.41) is 3.06. The highest BCUT2D eigenvalue weighted by Crippen LogP contribution is 2.25. The van der Waals surface area contributed by atoms with Gasteiger partial charge in [0.05, 0.1) is 19.4 Å². The third-order valence-electron chi connectivity index (χ3n) is 3.93. The van der Waals surface area contributed by atoms with E-state index in [4.69, 9.17) is 9.15 Å². The molecule has 0 bridgehead atoms. The number of ether oxygens (including phenoxy) is 1. The second-order valence-corrected chi connectivity index (χ2v) is 5.52. The van der Waals surface area contributed by atoms with E-state index in [1.165, 1.54) is 6.26 Å². The van der Waals surface area contributed by atoms with Gasteiger partial charge in [-0.25, -0.2) is 0 Å². The molecule has 3 aromatic rings. The number of furan rings is 1. The normalized spacial score (nSPS) is 11.8. The van der Waals surface area contributed by atoms with Gasteiger partial charge in [-0.05, 0) is 36.2 Å². The molecule has 0 aliphatic heterocycles. The zero-order valence-corrected chi connectivity index (χ0v) is 13.7. The fraction of sp³-hybridized carbons (Fsp3) is 0.150. The number of carbonyl (C=O) groups excluding carboxylic acids is 1. The molecule has 0 fully saturated rings. The van der Waals surface area contributed by atoms with Crippen LogP contribution in [0.5, 0.6) is 5.75 Å². The minimum Gasteiger partial charge on any atom is -0.497 e. The molecule has 0 saturated carbocycles. The van der Waals surface area contributed by atoms with Gasteiger partial charge in [0, 0.05) is 5.56 Å². The van der Waals surface area contributed by atoms with Gasteiger partial charge in [0.2, 0.25) is 0 Å². The van der Waals surface area contributed by atoms with Crippen LogP contribution < -0.4 is 10.1 Å². The molecule has 0 saturated heterocycles. The molecule has 2 aromatic carbocycles. The monoisotopic (exact) mass is 321 g/mol. The minimum atomic E-state index is -0.269. The lowest BCUT2D eigenvalue weighted by Gasteiger charge is -2.20. The second-order valence-electron chi connectivity index (χ2n) is 5.52. The zero-order valence-electron chi connectivity index (χ0n) is 13.7. The molecule has 1 unspecified atom stereocenters. The fourth-order valence-electron chi connectivity index (χ4n) is 2.60. The fourth-order valence-corrected chi connectivity index (χ4v) is 2.60. The van der Waals surface area contributed by atoms with E-state index in [2.05, 4.69) is 5.32 Å². The predicted molar refractivity (Wildman–Crippen MR) is 92.2 cm³/mol. The molecule has 3 rings (SSSR count). The van der Waals surface area contributed by atoms with E-state index < -0.39 is 0 Å². The molecule has 1 amide bonds. The highest BCUT2D eigenvalue weighted by atomic mass is 16.5. The van der Waals surface area contributed by atoms with Crippen molar-refractivity contribution in [3.8, 4) is 5.75 Å². The van der Waals surface area contributed by atoms with Gasteiger partial charge in [0.1, 0.15) is 5.75 Å². The summed E-state index contributed by atoms with van der Waals surface area (Å²) in [6, 6.07) is 19.0. The van der Waals surface area contributed by atoms with Gasteiger partial charge in [0.25, 0.3) is 5.91 Å². The van der Waals surface area contributed by atoms with E-state index in [1.54, 1.807) is 13.2 Å². The molecule has 0 aliphatic rings. The number of methoxy groups -OCH3 is 1. The maximum absolute atomic E-state index is 12.6. The van der Waals surface area contributed by atoms with Crippen molar-refractivity contribution in [1.29, 1.82) is 0 Å². The Morgan fingerprint density at radius 1 is 1.00 bits per heavy atom. The van der Waals surface area contributed by atoms with E-state index in [-0.39, 0.29) is 11.9 Å². The SMILES string of the molecule is COc1ccc(C(NC(=O)c2occc2C)c2ccccc2)cc1. The Morgan fingerprint density at radius 3 is 2.25 bits per heavy atom. The summed E-state index contributed by atoms with van der Waals surface area (Å²) in [6.45, 7) is 1.85. The molecule has 122 valence electrons. The van der Waals surface area contributed by atoms with E-state index in [0.29, 0.717) is 5.76 Å². The van der Waals surface area contributed by atoms with Gasteiger partial charge in [-0.3, -0.25) is 4.79 Å². The Hall–Kier alpha value is -3.01. The van der Waals surface area contributed by atoms with Crippen molar-refractivity contribution in [2.24, 2.45) is 0 Å². The zero-order chi connectivity index (χ0) is 16.9. The number of hydrogen-bond donors (Lipinski definition) is 1. The second kappa shape index (κ2) is 7.04. The van der Waals surface area contributed by atoms with Crippen molar-refractivity contribution < 1.29 is 13.9 Å². The third kappa shape index (κ3) is 3.33. The molecular weight excluding hydrogens is 302 g/mol. The Kier molecular flexibility index (Phi) is 4.66. The van der Waals surface area contributed by atoms with E-state index in [1.807, 2.05) is 61.5 Å². The summed E-state index contributed by atoms with van der Waals surface area (Å²) in [5.74, 6) is 0.880. The highest BCUT2D eigenvalue weighted by molar-refractivity contribution is 5.93. The molecular formula is C20H19NO3. The Bertz CT molecular complexity index is 806. The molecule has 0 aliphatic carbocycles. The van der Waals surface area contributed by atoms with Crippen LogP contribution in [-0.2, 0) is 0 Å². The summed E-state index contributed by atoms with van der Waals surface area (Å²) in [5.41, 5.74) is 2.79. The van der Waals surface area contributed by atoms with Crippen molar-refractivity contribution in [3.63, 3.8) is 0 Å². The van der Waals surface area contributed by atoms with Crippen LogP contribution in [0.4, 0.5) is 0 Å². The standard InChI is InChI=1S/C20H19NO3/c1-14-12-13-24-19(14)20(22)21-18(15-6-4-3-5-7-15)16-8-10-17(23-2)11-9-16/h3-13,18H,1-2H3,(H,21,22). The number of amides is 1. The summed E-state index contributed by atoms with van der Waals surface area (Å²) in [7, 11) is 1.63. The van der Waals surface area contributed by atoms with Crippen LogP contribution in [0, 0.1) is 6.92 Å². The maximum atomic E-state index is 12.6. The quantitative estimate of drug-likeness (QED) is 0.769. The van der Waals surface area contributed by atoms with Crippen molar-refractivity contribution >= 4 is 5.91 Å². The predicted octanol–water partition coefficient (Wildman–Crippen LogP) is 4.12. The smallest absolute Gasteiger partial charge is 0.288 e. The van der Waals surface area contributed by atoms with Crippen LogP contribution in [-0.4, -0.2) is 13.0 Å². The van der Waals surface area contributed by atoms with Gasteiger partial charge in [0.15, 0.2) is 5.76 Å². The van der Waals surface area contributed by atoms with Crippen LogP contribution in [0.25, 0.3) is 0 Å². The molecule has 0 radical (unpaired) electrons. The molecule has 0 spiro atoms. The van der Waals surface area contributed by atoms with Crippen molar-refractivity contribution in [2.75, 3.05) is 7.11 Å². The van der Waals surface area contributed by atoms with Crippen LogP contribution in [0.2, 0.25) is 0 Å². The van der Waals surface area contributed by atoms with Crippen molar-refractivity contribution in [1.82, 2.24) is 5.32 Å². The first-order chi connectivity index (χ1) is 11.7. The van der Waals surface area contributed by atoms with Crippen LogP contribution in [0.3, 0.4) is 0 Å². The molecule has 4 nitrogen and oxygen atoms in total. The topological polar surface area (TPSA) is 51.5 Å². The lowest BCUT2D eigenvalue weighted by atomic mass is 9.98. The average molecular weight is 321 g/mol. The average Bonchev–Trinajstić information content (AvgIpc) is 3.06. The number of nitrogens with one attached hydrogen (secondary N) is 1. The molecule has 1 heterocycles. The van der Waals surface area contributed by atoms with Gasteiger partial charge < -0.3 is 14.5 Å². The molecule has 4 heteroatoms. The van der Waals surface area contributed by atoms with Gasteiger partial charge in [-0.15, -0.1) is 0 Å². The van der Waals surface area contributed by atoms with Gasteiger partial charge in [-0.1, -0.05) is 42.5 Å². The van der Waals surface area contributed by atoms with Gasteiger partial charge >= 0.3 is 0 Å². The molecule has 1 aromatic heterocycles. The van der Waals surface area contributed by atoms with Gasteiger partial charge in [-0.2, -0.15) is 0 Å². The van der Waals surface area contributed by atoms with Crippen LogP contribution in [0.15, 0.2) is 71.3 Å². The first-order valence-electron chi connectivity index (χ1n) is 7.73. The first-order valence-corrected chi connectivity index (χ1v) is 7.73. The lowest BCUT2D eigenvalue weighted by Crippen LogP contribution is -2.29. The van der Waals surface area contributed by atoms with Crippen molar-refractivity contribution in [3.05, 3.63) is 89.4 Å². The van der Waals surface area contributed by atoms with E-state index in [9.17, 15) is 4.79 Å². The van der Waals surface area contributed by atoms with Crippen LogP contribution in [0.1, 0.15) is 33.3 Å². The molecule has 1 atom stereocenters. The summed E-state index contributed by atoms with van der Waals surface area (Å²) in [4.78, 5) is 12.6. The number of rotatable bonds is 5. The molecule has 24 heavy (non-hydrogen) atoms. The van der Waals surface area contributed by atoms with E-state index in [0.717, 1.165) is 22.4 Å². The summed E-state index contributed by atoms with van der Waals surface area (Å²) >= 11 is 0. The largest absolute Gasteiger partial charge is 0.497 e. The number of benzene rings is 2. The van der Waals surface area contributed by atoms with Crippen molar-refractivity contribution in [2.45, 2.75) is 13.0 Å². The number of aryl methyl sites for hydroxylation is 1. The Morgan fingerprint density at radius 2 is 1.67 bits per heavy atom. The highest BCUT2D eigenvalue weighted by Gasteiger charge is 2.20. The number of carbonyl (C=O) groups is 1. The van der Waals surface area contributed by atoms with E-state index >= 15 is 0 Å². The minimum absolute atomic E-state index is 0.234. The summed E-state index contributed by atoms with van der Waals surface area (Å²) < 4.78 is 10.5. The lowest BCUT2D eigenvalue weighted by molar-refractivity contribution is 0.0914. The Labute approximate surface area is 141 Å². The van der Waals surface area contributed by atoms with Crippen LogP contribution >= 0.6 is 0 Å².